The van der Waals surface area contributed by atoms with Crippen molar-refractivity contribution >= 4 is 56.0 Å². The Kier molecular flexibility index (Phi) is 5.15. The van der Waals surface area contributed by atoms with Gasteiger partial charge in [-0.3, -0.25) is 20.2 Å². The number of methoxy groups -OCH3 is 1. The molecule has 0 bridgehead atoms. The molecule has 0 fully saturated rings. The van der Waals surface area contributed by atoms with Gasteiger partial charge >= 0.3 is 0 Å². The Morgan fingerprint density at radius 2 is 2.19 bits per heavy atom. The Bertz CT molecular complexity index is 1030. The number of ether oxygens (including phenoxy) is 1. The van der Waals surface area contributed by atoms with E-state index in [-0.39, 0.29) is 5.69 Å². The Morgan fingerprint density at radius 1 is 1.38 bits per heavy atom. The molecule has 1 aromatic heterocycles. The highest BCUT2D eigenvalue weighted by atomic mass is 35.5. The van der Waals surface area contributed by atoms with Crippen LogP contribution in [-0.2, 0) is 4.79 Å². The molecule has 0 saturated carbocycles. The molecule has 0 aliphatic rings. The van der Waals surface area contributed by atoms with E-state index in [0.29, 0.717) is 31.7 Å². The molecular formula is C17H12ClN3O4S. The average molecular weight is 390 g/mol. The van der Waals surface area contributed by atoms with Crippen LogP contribution in [0.4, 0.5) is 10.8 Å². The summed E-state index contributed by atoms with van der Waals surface area (Å²) in [6.07, 6.45) is 2.77. The minimum Gasteiger partial charge on any atom is -0.494 e. The lowest BCUT2D eigenvalue weighted by molar-refractivity contribution is -0.384. The first kappa shape index (κ1) is 17.8. The van der Waals surface area contributed by atoms with Crippen LogP contribution >= 0.6 is 22.9 Å². The van der Waals surface area contributed by atoms with Crippen molar-refractivity contribution in [1.29, 1.82) is 0 Å². The van der Waals surface area contributed by atoms with Gasteiger partial charge in [-0.05, 0) is 23.8 Å². The number of nitrogens with one attached hydrogen (secondary N) is 1. The molecule has 0 unspecified atom stereocenters. The predicted molar refractivity (Wildman–Crippen MR) is 102 cm³/mol. The van der Waals surface area contributed by atoms with Crippen molar-refractivity contribution < 1.29 is 14.5 Å². The number of non-ortho nitro benzene ring substituents is 1. The first-order valence-corrected chi connectivity index (χ1v) is 8.54. The standard InChI is InChI=1S/C17H12ClN3O4S/c1-25-13-7-6-12(18)16-15(13)20-17(26-16)19-14(22)8-5-10-3-2-4-11(9-10)21(23)24/h2-9H,1H3,(H,19,20,22)/b8-5+. The molecule has 7 nitrogen and oxygen atoms in total. The van der Waals surface area contributed by atoms with Crippen molar-refractivity contribution in [1.82, 2.24) is 4.98 Å². The molecule has 132 valence electrons. The summed E-state index contributed by atoms with van der Waals surface area (Å²) < 4.78 is 5.95. The molecule has 0 atom stereocenters. The minimum absolute atomic E-state index is 0.0412. The van der Waals surface area contributed by atoms with E-state index in [1.54, 1.807) is 24.3 Å². The number of amides is 1. The maximum absolute atomic E-state index is 12.1. The molecule has 0 aliphatic carbocycles. The van der Waals surface area contributed by atoms with E-state index in [1.807, 2.05) is 0 Å². The first-order valence-electron chi connectivity index (χ1n) is 7.34. The van der Waals surface area contributed by atoms with Crippen molar-refractivity contribution in [3.8, 4) is 5.75 Å². The molecule has 1 amide bonds. The fourth-order valence-electron chi connectivity index (χ4n) is 2.23. The number of nitro benzene ring substituents is 1. The second kappa shape index (κ2) is 7.51. The number of nitrogens with zero attached hydrogens (tertiary/aromatic N) is 2. The van der Waals surface area contributed by atoms with Crippen molar-refractivity contribution in [2.24, 2.45) is 0 Å². The summed E-state index contributed by atoms with van der Waals surface area (Å²) in [7, 11) is 1.53. The number of hydrogen-bond donors (Lipinski definition) is 1. The first-order chi connectivity index (χ1) is 12.5. The van der Waals surface area contributed by atoms with Crippen LogP contribution in [0.15, 0.2) is 42.5 Å². The molecule has 26 heavy (non-hydrogen) atoms. The lowest BCUT2D eigenvalue weighted by Gasteiger charge is -2.00. The fraction of sp³-hybridized carbons (Fsp3) is 0.0588. The van der Waals surface area contributed by atoms with Gasteiger partial charge in [0.2, 0.25) is 5.91 Å². The van der Waals surface area contributed by atoms with Crippen LogP contribution in [0.3, 0.4) is 0 Å². The number of thiazole rings is 1. The van der Waals surface area contributed by atoms with Gasteiger partial charge in [0, 0.05) is 18.2 Å². The topological polar surface area (TPSA) is 94.4 Å². The summed E-state index contributed by atoms with van der Waals surface area (Å²) in [5.74, 6) is 0.152. The molecule has 3 aromatic rings. The van der Waals surface area contributed by atoms with Crippen molar-refractivity contribution in [2.45, 2.75) is 0 Å². The predicted octanol–water partition coefficient (Wildman–Crippen LogP) is 4.52. The summed E-state index contributed by atoms with van der Waals surface area (Å²) in [5, 5.41) is 14.3. The molecule has 0 saturated heterocycles. The van der Waals surface area contributed by atoms with Crippen LogP contribution in [0.1, 0.15) is 5.56 Å². The fourth-order valence-corrected chi connectivity index (χ4v) is 3.39. The third-order valence-electron chi connectivity index (χ3n) is 3.42. The van der Waals surface area contributed by atoms with Gasteiger partial charge in [0.25, 0.3) is 5.69 Å². The van der Waals surface area contributed by atoms with E-state index in [1.165, 1.54) is 42.7 Å². The molecule has 9 heteroatoms. The molecule has 3 rings (SSSR count). The largest absolute Gasteiger partial charge is 0.494 e. The molecule has 1 N–H and O–H groups in total. The number of halogens is 1. The summed E-state index contributed by atoms with van der Waals surface area (Å²) in [4.78, 5) is 26.7. The van der Waals surface area contributed by atoms with Crippen molar-refractivity contribution in [3.63, 3.8) is 0 Å². The van der Waals surface area contributed by atoms with Gasteiger partial charge in [-0.1, -0.05) is 35.1 Å². The van der Waals surface area contributed by atoms with Crippen LogP contribution in [0.2, 0.25) is 5.02 Å². The van der Waals surface area contributed by atoms with Gasteiger partial charge in [0.15, 0.2) is 5.13 Å². The van der Waals surface area contributed by atoms with E-state index < -0.39 is 10.8 Å². The smallest absolute Gasteiger partial charge is 0.270 e. The molecule has 0 spiro atoms. The zero-order valence-corrected chi connectivity index (χ0v) is 15.0. The van der Waals surface area contributed by atoms with E-state index in [4.69, 9.17) is 16.3 Å². The van der Waals surface area contributed by atoms with Crippen molar-refractivity contribution in [2.75, 3.05) is 12.4 Å². The molecule has 2 aromatic carbocycles. The van der Waals surface area contributed by atoms with Crippen molar-refractivity contribution in [3.05, 3.63) is 63.2 Å². The molecule has 0 aliphatic heterocycles. The van der Waals surface area contributed by atoms with Gasteiger partial charge < -0.3 is 4.74 Å². The number of rotatable bonds is 5. The Labute approximate surface area is 157 Å². The van der Waals surface area contributed by atoms with Crippen LogP contribution in [0.5, 0.6) is 5.75 Å². The number of carbonyl (C=O) groups excluding carboxylic acids is 1. The number of carbonyl (C=O) groups is 1. The van der Waals surface area contributed by atoms with Crippen LogP contribution in [-0.4, -0.2) is 22.9 Å². The number of nitro groups is 1. The molecular weight excluding hydrogens is 378 g/mol. The number of hydrogen-bond acceptors (Lipinski definition) is 6. The third kappa shape index (κ3) is 3.81. The van der Waals surface area contributed by atoms with E-state index in [9.17, 15) is 14.9 Å². The van der Waals surface area contributed by atoms with Crippen LogP contribution in [0, 0.1) is 10.1 Å². The molecule has 1 heterocycles. The number of aromatic nitrogens is 1. The maximum atomic E-state index is 12.1. The van der Waals surface area contributed by atoms with Gasteiger partial charge in [0.1, 0.15) is 11.3 Å². The van der Waals surface area contributed by atoms with Gasteiger partial charge in [-0.2, -0.15) is 0 Å². The van der Waals surface area contributed by atoms with Gasteiger partial charge in [-0.15, -0.1) is 0 Å². The quantitative estimate of drug-likeness (QED) is 0.393. The summed E-state index contributed by atoms with van der Waals surface area (Å²) in [6.45, 7) is 0. The summed E-state index contributed by atoms with van der Waals surface area (Å²) in [6, 6.07) is 9.39. The van der Waals surface area contributed by atoms with E-state index in [0.717, 1.165) is 0 Å². The number of fused-ring (bicyclic) bond motifs is 1. The van der Waals surface area contributed by atoms with Gasteiger partial charge in [0.05, 0.1) is 21.8 Å². The Morgan fingerprint density at radius 3 is 2.92 bits per heavy atom. The van der Waals surface area contributed by atoms with E-state index >= 15 is 0 Å². The number of benzene rings is 2. The van der Waals surface area contributed by atoms with E-state index in [2.05, 4.69) is 10.3 Å². The van der Waals surface area contributed by atoms with Crippen LogP contribution in [0.25, 0.3) is 16.3 Å². The highest BCUT2D eigenvalue weighted by Gasteiger charge is 2.13. The Hall–Kier alpha value is -2.97. The third-order valence-corrected chi connectivity index (χ3v) is 4.85. The highest BCUT2D eigenvalue weighted by Crippen LogP contribution is 2.37. The second-order valence-corrected chi connectivity index (χ2v) is 6.53. The highest BCUT2D eigenvalue weighted by molar-refractivity contribution is 7.23. The zero-order valence-electron chi connectivity index (χ0n) is 13.4. The monoisotopic (exact) mass is 389 g/mol. The summed E-state index contributed by atoms with van der Waals surface area (Å²) >= 11 is 7.38. The maximum Gasteiger partial charge on any atom is 0.270 e. The van der Waals surface area contributed by atoms with Crippen LogP contribution < -0.4 is 10.1 Å². The zero-order chi connectivity index (χ0) is 18.7. The lowest BCUT2D eigenvalue weighted by Crippen LogP contribution is -2.07. The second-order valence-electron chi connectivity index (χ2n) is 5.12. The minimum atomic E-state index is -0.490. The summed E-state index contributed by atoms with van der Waals surface area (Å²) in [5.41, 5.74) is 1.08. The number of anilines is 1. The normalized spacial score (nSPS) is 11.0. The SMILES string of the molecule is COc1ccc(Cl)c2sc(NC(=O)/C=C/c3cccc([N+](=O)[O-])c3)nc12. The Balaban J connectivity index is 1.78. The molecule has 0 radical (unpaired) electrons. The van der Waals surface area contributed by atoms with Gasteiger partial charge in [-0.25, -0.2) is 4.98 Å². The average Bonchev–Trinajstić information content (AvgIpc) is 3.05. The lowest BCUT2D eigenvalue weighted by atomic mass is 10.2.